The first-order valence-corrected chi connectivity index (χ1v) is 20.8. The maximum absolute atomic E-state index is 14.1. The summed E-state index contributed by atoms with van der Waals surface area (Å²) in [6, 6.07) is 14.2. The van der Waals surface area contributed by atoms with Crippen molar-refractivity contribution >= 4 is 24.3 Å². The summed E-state index contributed by atoms with van der Waals surface area (Å²) in [4.78, 5) is 38.5. The van der Waals surface area contributed by atoms with E-state index in [1.807, 2.05) is 30.3 Å². The highest BCUT2D eigenvalue weighted by molar-refractivity contribution is 7.52. The Balaban J connectivity index is 1.18. The van der Waals surface area contributed by atoms with Crippen LogP contribution in [0, 0.1) is 0 Å². The van der Waals surface area contributed by atoms with Gasteiger partial charge in [0.1, 0.15) is 23.9 Å². The van der Waals surface area contributed by atoms with Crippen LogP contribution in [0.5, 0.6) is 5.75 Å². The first-order valence-electron chi connectivity index (χ1n) is 19.3. The summed E-state index contributed by atoms with van der Waals surface area (Å²) in [5.41, 5.74) is -1.20. The van der Waals surface area contributed by atoms with E-state index in [9.17, 15) is 24.1 Å². The Bertz CT molecular complexity index is 1700. The molecule has 3 aromatic rings. The van der Waals surface area contributed by atoms with E-state index in [0.717, 1.165) is 36.5 Å². The van der Waals surface area contributed by atoms with E-state index in [0.29, 0.717) is 25.0 Å². The number of nitrogens with one attached hydrogen (secondary N) is 2. The van der Waals surface area contributed by atoms with Crippen molar-refractivity contribution in [1.29, 1.82) is 0 Å². The number of unbranched alkanes of at least 4 members (excludes halogenated alkanes) is 11. The second-order valence-corrected chi connectivity index (χ2v) is 15.4. The number of ether oxygens (including phenoxy) is 1. The summed E-state index contributed by atoms with van der Waals surface area (Å²) < 4.78 is 33.0. The molecule has 1 unspecified atom stereocenters. The molecule has 1 aliphatic rings. The van der Waals surface area contributed by atoms with Crippen LogP contribution in [0.25, 0.3) is 10.8 Å². The summed E-state index contributed by atoms with van der Waals surface area (Å²) in [6.07, 6.45) is 20.4. The predicted molar refractivity (Wildman–Crippen MR) is 206 cm³/mol. The summed E-state index contributed by atoms with van der Waals surface area (Å²) in [5, 5.41) is 15.2. The number of nitrogens with zero attached hydrogens (tertiary/aromatic N) is 1. The largest absolute Gasteiger partial charge is 0.458 e. The topological polar surface area (TPSA) is 149 Å². The Kier molecular flexibility index (Phi) is 18.1. The third kappa shape index (κ3) is 14.2. The van der Waals surface area contributed by atoms with Gasteiger partial charge in [-0.2, -0.15) is 0 Å². The Labute approximate surface area is 307 Å². The van der Waals surface area contributed by atoms with Gasteiger partial charge in [0.15, 0.2) is 0 Å². The molecule has 0 saturated carbocycles. The molecule has 4 rings (SSSR count). The molecule has 2 heterocycles. The number of rotatable bonds is 26. The Hall–Kier alpha value is -3.34. The predicted octanol–water partition coefficient (Wildman–Crippen LogP) is 8.52. The van der Waals surface area contributed by atoms with Crippen molar-refractivity contribution in [2.45, 2.75) is 135 Å². The number of Topliss-reactive ketones (excluding diaryl/α,β-unsaturated/α-hetero) is 1. The molecule has 4 atom stereocenters. The van der Waals surface area contributed by atoms with Gasteiger partial charge in [-0.3, -0.25) is 23.7 Å². The molecule has 3 N–H and O–H groups in total. The lowest BCUT2D eigenvalue weighted by atomic mass is 10.1. The molecule has 0 spiro atoms. The minimum atomic E-state index is -4.02. The number of carbonyl (C=O) groups excluding carboxylic acids is 1. The van der Waals surface area contributed by atoms with Crippen molar-refractivity contribution in [2.24, 2.45) is 0 Å². The lowest BCUT2D eigenvalue weighted by Crippen LogP contribution is -2.32. The summed E-state index contributed by atoms with van der Waals surface area (Å²) in [6.45, 7) is 2.17. The molecule has 1 aromatic heterocycles. The van der Waals surface area contributed by atoms with Crippen LogP contribution in [0.15, 0.2) is 76.5 Å². The number of benzene rings is 2. The molecule has 2 aromatic carbocycles. The molecule has 0 radical (unpaired) electrons. The summed E-state index contributed by atoms with van der Waals surface area (Å²) >= 11 is 0. The number of fused-ring (bicyclic) bond motifs is 1. The number of ketones is 1. The van der Waals surface area contributed by atoms with Gasteiger partial charge in [-0.1, -0.05) is 107 Å². The van der Waals surface area contributed by atoms with Gasteiger partial charge >= 0.3 is 13.4 Å². The molecule has 0 amide bonds. The van der Waals surface area contributed by atoms with Crippen LogP contribution in [0.3, 0.4) is 0 Å². The van der Waals surface area contributed by atoms with E-state index in [1.165, 1.54) is 74.6 Å². The zero-order chi connectivity index (χ0) is 37.0. The Morgan fingerprint density at radius 1 is 0.923 bits per heavy atom. The van der Waals surface area contributed by atoms with Crippen molar-refractivity contribution in [2.75, 3.05) is 13.2 Å². The monoisotopic (exact) mass is 739 g/mol. The third-order valence-electron chi connectivity index (χ3n) is 9.40. The average molecular weight is 740 g/mol. The van der Waals surface area contributed by atoms with Crippen molar-refractivity contribution in [3.05, 3.63) is 87.7 Å². The summed E-state index contributed by atoms with van der Waals surface area (Å²) in [5.74, 6) is 0.538. The van der Waals surface area contributed by atoms with Crippen molar-refractivity contribution in [3.8, 4) is 5.75 Å². The van der Waals surface area contributed by atoms with Crippen LogP contribution in [0.1, 0.15) is 122 Å². The van der Waals surface area contributed by atoms with Crippen LogP contribution in [-0.4, -0.2) is 45.8 Å². The fourth-order valence-corrected chi connectivity index (χ4v) is 7.79. The highest BCUT2D eigenvalue weighted by Gasteiger charge is 2.38. The van der Waals surface area contributed by atoms with Crippen LogP contribution in [-0.2, 0) is 18.6 Å². The van der Waals surface area contributed by atoms with E-state index in [4.69, 9.17) is 13.8 Å². The smallest absolute Gasteiger partial charge is 0.413 e. The maximum Gasteiger partial charge on any atom is 0.458 e. The van der Waals surface area contributed by atoms with Gasteiger partial charge < -0.3 is 14.4 Å². The normalized spacial score (nSPS) is 18.6. The van der Waals surface area contributed by atoms with Gasteiger partial charge in [-0.15, -0.1) is 0 Å². The van der Waals surface area contributed by atoms with Crippen molar-refractivity contribution in [1.82, 2.24) is 14.6 Å². The third-order valence-corrected chi connectivity index (χ3v) is 10.9. The molecule has 0 bridgehead atoms. The number of aromatic nitrogens is 2. The van der Waals surface area contributed by atoms with Gasteiger partial charge in [-0.05, 0) is 50.0 Å². The molecule has 12 heteroatoms. The van der Waals surface area contributed by atoms with Gasteiger partial charge in [-0.25, -0.2) is 14.4 Å². The molecule has 0 aliphatic carbocycles. The van der Waals surface area contributed by atoms with Crippen LogP contribution < -0.4 is 20.9 Å². The van der Waals surface area contributed by atoms with Gasteiger partial charge in [0.05, 0.1) is 12.7 Å². The lowest BCUT2D eigenvalue weighted by Gasteiger charge is -2.23. The molecule has 52 heavy (non-hydrogen) atoms. The molecule has 11 nitrogen and oxygen atoms in total. The molecular formula is C40H58N3O8P. The Morgan fingerprint density at radius 3 is 2.35 bits per heavy atom. The quantitative estimate of drug-likeness (QED) is 0.0419. The second kappa shape index (κ2) is 22.7. The van der Waals surface area contributed by atoms with E-state index in [1.54, 1.807) is 12.1 Å². The number of aliphatic hydroxyl groups excluding tert-OH is 1. The lowest BCUT2D eigenvalue weighted by molar-refractivity contribution is -0.119. The molecule has 1 aliphatic heterocycles. The number of aliphatic hydroxyl groups is 1. The number of H-pyrrole nitrogens is 1. The highest BCUT2D eigenvalue weighted by atomic mass is 31.2. The Morgan fingerprint density at radius 2 is 1.60 bits per heavy atom. The van der Waals surface area contributed by atoms with E-state index < -0.39 is 37.4 Å². The van der Waals surface area contributed by atoms with E-state index in [2.05, 4.69) is 29.1 Å². The van der Waals surface area contributed by atoms with E-state index in [-0.39, 0.29) is 25.4 Å². The zero-order valence-corrected chi connectivity index (χ0v) is 31.6. The summed E-state index contributed by atoms with van der Waals surface area (Å²) in [7, 11) is -4.02. The molecule has 286 valence electrons. The number of hydrogen-bond acceptors (Lipinski definition) is 8. The van der Waals surface area contributed by atoms with Crippen molar-refractivity contribution < 1.29 is 28.3 Å². The minimum absolute atomic E-state index is 0.0701. The van der Waals surface area contributed by atoms with E-state index >= 15 is 0 Å². The fraction of sp³-hybridized carbons (Fsp3) is 0.575. The minimum Gasteiger partial charge on any atom is -0.413 e. The van der Waals surface area contributed by atoms with Gasteiger partial charge in [0.2, 0.25) is 0 Å². The molecular weight excluding hydrogens is 681 g/mol. The number of hydrogen-bond donors (Lipinski definition) is 3. The number of carbonyl (C=O) groups is 1. The molecule has 1 fully saturated rings. The maximum atomic E-state index is 14.1. The van der Waals surface area contributed by atoms with Gasteiger partial charge in [0, 0.05) is 43.5 Å². The van der Waals surface area contributed by atoms with Crippen molar-refractivity contribution in [3.63, 3.8) is 0 Å². The molecule has 1 saturated heterocycles. The standard InChI is InChI=1S/C40H58N3O8P/c1-2-3-4-5-6-7-8-9-10-11-12-13-14-15-16-23-33(44)24-20-28-41-52(48,51-36-26-19-22-32-21-17-18-25-34(32)36)49-31-37-35(45)30-39(50-37)43-29-27-38(46)42-40(43)47/h9-10,17-19,21-22,25-27,29,35,37,39,45H,2-8,11-16,20,23-24,28,30-31H2,1H3,(H,41,48)(H,42,46,47)/b10-9-/t35-,37+,39+,52?/m0/s1. The second-order valence-electron chi connectivity index (χ2n) is 13.7. The highest BCUT2D eigenvalue weighted by Crippen LogP contribution is 2.47. The first kappa shape index (κ1) is 41.4. The number of aromatic amines is 1. The van der Waals surface area contributed by atoms with Crippen LogP contribution in [0.4, 0.5) is 0 Å². The SMILES string of the molecule is CCCCCCCC/C=C\CCCCCCCC(=O)CCCNP(=O)(OC[C@H]1O[C@@H](n2ccc(=O)[nH]c2=O)C[C@@H]1O)Oc1cccc2ccccc12. The number of allylic oxidation sites excluding steroid dienone is 2. The average Bonchev–Trinajstić information content (AvgIpc) is 3.50. The zero-order valence-electron chi connectivity index (χ0n) is 30.7. The van der Waals surface area contributed by atoms with Crippen LogP contribution in [0.2, 0.25) is 0 Å². The fourth-order valence-electron chi connectivity index (χ4n) is 6.39. The van der Waals surface area contributed by atoms with Crippen LogP contribution >= 0.6 is 7.75 Å². The first-order chi connectivity index (χ1) is 25.3. The van der Waals surface area contributed by atoms with Gasteiger partial charge in [0.25, 0.3) is 5.56 Å².